The summed E-state index contributed by atoms with van der Waals surface area (Å²) in [7, 11) is 0. The summed E-state index contributed by atoms with van der Waals surface area (Å²) >= 11 is 0. The van der Waals surface area contributed by atoms with Crippen LogP contribution in [0.25, 0.3) is 22.2 Å². The molecule has 3 atom stereocenters. The molecule has 0 amide bonds. The van der Waals surface area contributed by atoms with Crippen molar-refractivity contribution in [2.45, 2.75) is 64.4 Å². The Balaban J connectivity index is 1.55. The Labute approximate surface area is 215 Å². The largest absolute Gasteiger partial charge is 0.389 e. The number of aromatic nitrogens is 3. The van der Waals surface area contributed by atoms with Gasteiger partial charge in [-0.25, -0.2) is 14.4 Å². The lowest BCUT2D eigenvalue weighted by Gasteiger charge is -2.28. The van der Waals surface area contributed by atoms with Crippen LogP contribution in [-0.4, -0.2) is 64.3 Å². The SMILES string of the molecule is Cc1c(CN[C@@H]2CCOC2)n(C(C)C)c2cc(-c3nc(N[C@@H]4CCOC[C@H]4O)ncc3F)ccc2c1=O. The summed E-state index contributed by atoms with van der Waals surface area (Å²) in [5.41, 5.74) is 2.99. The van der Waals surface area contributed by atoms with Crippen molar-refractivity contribution in [2.24, 2.45) is 0 Å². The molecule has 2 aliphatic rings. The van der Waals surface area contributed by atoms with E-state index in [1.165, 1.54) is 0 Å². The highest BCUT2D eigenvalue weighted by Crippen LogP contribution is 2.28. The van der Waals surface area contributed by atoms with Gasteiger partial charge in [0.1, 0.15) is 5.69 Å². The van der Waals surface area contributed by atoms with E-state index in [9.17, 15) is 14.3 Å². The number of anilines is 1. The van der Waals surface area contributed by atoms with Crippen LogP contribution < -0.4 is 16.1 Å². The molecule has 1 aromatic carbocycles. The van der Waals surface area contributed by atoms with E-state index in [0.717, 1.165) is 30.4 Å². The van der Waals surface area contributed by atoms with Gasteiger partial charge in [0.25, 0.3) is 0 Å². The smallest absolute Gasteiger partial charge is 0.223 e. The normalized spacial score (nSPS) is 22.2. The first-order valence-corrected chi connectivity index (χ1v) is 12.9. The highest BCUT2D eigenvalue weighted by molar-refractivity contribution is 5.85. The number of rotatable bonds is 7. The van der Waals surface area contributed by atoms with Gasteiger partial charge < -0.3 is 29.8 Å². The predicted molar refractivity (Wildman–Crippen MR) is 139 cm³/mol. The molecule has 2 aromatic heterocycles. The minimum Gasteiger partial charge on any atom is -0.389 e. The summed E-state index contributed by atoms with van der Waals surface area (Å²) < 4.78 is 27.9. The van der Waals surface area contributed by atoms with Crippen LogP contribution in [0, 0.1) is 12.7 Å². The molecule has 198 valence electrons. The van der Waals surface area contributed by atoms with E-state index in [1.54, 1.807) is 12.1 Å². The van der Waals surface area contributed by atoms with Gasteiger partial charge in [-0.15, -0.1) is 0 Å². The van der Waals surface area contributed by atoms with Gasteiger partial charge >= 0.3 is 0 Å². The van der Waals surface area contributed by atoms with Crippen molar-refractivity contribution in [1.29, 1.82) is 0 Å². The fraction of sp³-hybridized carbons (Fsp3) is 0.519. The summed E-state index contributed by atoms with van der Waals surface area (Å²) in [6, 6.07) is 5.34. The molecule has 2 saturated heterocycles. The molecule has 5 rings (SSSR count). The molecule has 0 aliphatic carbocycles. The Kier molecular flexibility index (Phi) is 7.52. The molecule has 4 heterocycles. The second kappa shape index (κ2) is 10.8. The molecule has 9 nitrogen and oxygen atoms in total. The third-order valence-electron chi connectivity index (χ3n) is 7.23. The third kappa shape index (κ3) is 5.24. The van der Waals surface area contributed by atoms with Crippen LogP contribution >= 0.6 is 0 Å². The maximum absolute atomic E-state index is 15.0. The molecule has 2 fully saturated rings. The van der Waals surface area contributed by atoms with E-state index in [0.29, 0.717) is 42.7 Å². The number of ether oxygens (including phenoxy) is 2. The molecule has 0 radical (unpaired) electrons. The Morgan fingerprint density at radius 1 is 1.22 bits per heavy atom. The Morgan fingerprint density at radius 3 is 2.73 bits per heavy atom. The summed E-state index contributed by atoms with van der Waals surface area (Å²) in [6.07, 6.45) is 1.97. The highest BCUT2D eigenvalue weighted by atomic mass is 19.1. The number of aliphatic hydroxyl groups excluding tert-OH is 1. The number of fused-ring (bicyclic) bond motifs is 1. The van der Waals surface area contributed by atoms with Crippen LogP contribution in [-0.2, 0) is 16.0 Å². The van der Waals surface area contributed by atoms with E-state index in [4.69, 9.17) is 9.47 Å². The molecule has 3 aromatic rings. The van der Waals surface area contributed by atoms with Crippen LogP contribution in [0.3, 0.4) is 0 Å². The minimum absolute atomic E-state index is 0.0306. The average Bonchev–Trinajstić information content (AvgIpc) is 3.41. The zero-order valence-corrected chi connectivity index (χ0v) is 21.5. The van der Waals surface area contributed by atoms with Gasteiger partial charge in [-0.1, -0.05) is 6.07 Å². The number of aliphatic hydroxyl groups is 1. The molecule has 10 heteroatoms. The van der Waals surface area contributed by atoms with E-state index in [2.05, 4.69) is 39.0 Å². The maximum atomic E-state index is 15.0. The third-order valence-corrected chi connectivity index (χ3v) is 7.23. The number of halogens is 1. The molecule has 0 spiro atoms. The van der Waals surface area contributed by atoms with Crippen LogP contribution in [0.5, 0.6) is 0 Å². The van der Waals surface area contributed by atoms with Crippen molar-refractivity contribution in [1.82, 2.24) is 19.9 Å². The van der Waals surface area contributed by atoms with Gasteiger partial charge in [0.15, 0.2) is 11.2 Å². The molecule has 3 N–H and O–H groups in total. The summed E-state index contributed by atoms with van der Waals surface area (Å²) in [6.45, 7) is 8.70. The van der Waals surface area contributed by atoms with E-state index in [-0.39, 0.29) is 41.8 Å². The van der Waals surface area contributed by atoms with E-state index < -0.39 is 11.9 Å². The quantitative estimate of drug-likeness (QED) is 0.444. The number of nitrogens with zero attached hydrogens (tertiary/aromatic N) is 3. The van der Waals surface area contributed by atoms with Crippen molar-refractivity contribution in [3.05, 3.63) is 51.7 Å². The number of pyridine rings is 1. The standard InChI is InChI=1S/C27H34FN5O4/c1-15(2)33-22-10-17(25-20(28)11-30-27(32-25)31-21-7-9-37-14-24(21)34)4-5-19(22)26(35)16(3)23(33)12-29-18-6-8-36-13-18/h4-5,10-11,15,18,21,24,29,34H,6-9,12-14H2,1-3H3,(H,30,31,32)/t18-,21-,24-/m1/s1. The summed E-state index contributed by atoms with van der Waals surface area (Å²) in [4.78, 5) is 21.9. The number of nitrogens with one attached hydrogen (secondary N) is 2. The van der Waals surface area contributed by atoms with Gasteiger partial charge in [-0.3, -0.25) is 4.79 Å². The summed E-state index contributed by atoms with van der Waals surface area (Å²) in [5.74, 6) is -0.331. The van der Waals surface area contributed by atoms with Crippen molar-refractivity contribution < 1.29 is 19.0 Å². The zero-order valence-electron chi connectivity index (χ0n) is 21.5. The highest BCUT2D eigenvalue weighted by Gasteiger charge is 2.25. The van der Waals surface area contributed by atoms with Gasteiger partial charge in [0.2, 0.25) is 5.95 Å². The van der Waals surface area contributed by atoms with Crippen molar-refractivity contribution in [2.75, 3.05) is 31.7 Å². The molecular formula is C27H34FN5O4. The monoisotopic (exact) mass is 511 g/mol. The van der Waals surface area contributed by atoms with Gasteiger partial charge in [-0.2, -0.15) is 0 Å². The number of hydrogen-bond acceptors (Lipinski definition) is 8. The first-order valence-electron chi connectivity index (χ1n) is 12.9. The number of benzene rings is 1. The second-order valence-electron chi connectivity index (χ2n) is 10.1. The molecular weight excluding hydrogens is 477 g/mol. The second-order valence-corrected chi connectivity index (χ2v) is 10.1. The van der Waals surface area contributed by atoms with E-state index in [1.807, 2.05) is 13.0 Å². The lowest BCUT2D eigenvalue weighted by Crippen LogP contribution is -2.42. The Morgan fingerprint density at radius 2 is 2.00 bits per heavy atom. The molecule has 0 bridgehead atoms. The first kappa shape index (κ1) is 25.7. The lowest BCUT2D eigenvalue weighted by molar-refractivity contribution is -0.0136. The van der Waals surface area contributed by atoms with Crippen LogP contribution in [0.1, 0.15) is 44.0 Å². The zero-order chi connectivity index (χ0) is 26.1. The van der Waals surface area contributed by atoms with Crippen LogP contribution in [0.2, 0.25) is 0 Å². The fourth-order valence-electron chi connectivity index (χ4n) is 5.17. The van der Waals surface area contributed by atoms with Crippen molar-refractivity contribution in [3.63, 3.8) is 0 Å². The van der Waals surface area contributed by atoms with Crippen molar-refractivity contribution >= 4 is 16.9 Å². The first-order chi connectivity index (χ1) is 17.8. The Bertz CT molecular complexity index is 1340. The topological polar surface area (TPSA) is 111 Å². The summed E-state index contributed by atoms with van der Waals surface area (Å²) in [5, 5.41) is 17.4. The van der Waals surface area contributed by atoms with Gasteiger partial charge in [-0.05, 0) is 45.7 Å². The van der Waals surface area contributed by atoms with Crippen LogP contribution in [0.4, 0.5) is 10.3 Å². The average molecular weight is 512 g/mol. The molecule has 37 heavy (non-hydrogen) atoms. The molecule has 0 saturated carbocycles. The van der Waals surface area contributed by atoms with Crippen LogP contribution in [0.15, 0.2) is 29.2 Å². The fourth-order valence-corrected chi connectivity index (χ4v) is 5.17. The maximum Gasteiger partial charge on any atom is 0.223 e. The van der Waals surface area contributed by atoms with E-state index >= 15 is 0 Å². The predicted octanol–water partition coefficient (Wildman–Crippen LogP) is 2.93. The Hall–Kier alpha value is -2.92. The number of hydrogen-bond donors (Lipinski definition) is 3. The molecule has 0 unspecified atom stereocenters. The van der Waals surface area contributed by atoms with Gasteiger partial charge in [0, 0.05) is 54.0 Å². The van der Waals surface area contributed by atoms with Crippen molar-refractivity contribution in [3.8, 4) is 11.3 Å². The lowest BCUT2D eigenvalue weighted by atomic mass is 10.0. The van der Waals surface area contributed by atoms with Gasteiger partial charge in [0.05, 0.1) is 37.1 Å². The minimum atomic E-state index is -0.696. The molecule has 2 aliphatic heterocycles.